The molecule has 7 heteroatoms. The number of rotatable bonds is 10. The van der Waals surface area contributed by atoms with Gasteiger partial charge in [0.05, 0.1) is 11.5 Å². The van der Waals surface area contributed by atoms with Crippen molar-refractivity contribution in [1.82, 2.24) is 4.90 Å². The lowest BCUT2D eigenvalue weighted by Crippen LogP contribution is -2.29. The lowest BCUT2D eigenvalue weighted by molar-refractivity contribution is -0.143. The van der Waals surface area contributed by atoms with E-state index in [1.54, 1.807) is 17.0 Å². The van der Waals surface area contributed by atoms with Gasteiger partial charge in [0.1, 0.15) is 4.32 Å². The van der Waals surface area contributed by atoms with Gasteiger partial charge in [0.15, 0.2) is 0 Å². The van der Waals surface area contributed by atoms with Crippen molar-refractivity contribution >= 4 is 57.9 Å². The van der Waals surface area contributed by atoms with Crippen LogP contribution in [0.5, 0.6) is 0 Å². The Bertz CT molecular complexity index is 704. The third-order valence-electron chi connectivity index (χ3n) is 4.06. The second-order valence-electron chi connectivity index (χ2n) is 6.27. The predicted octanol–water partition coefficient (Wildman–Crippen LogP) is 5.44. The Kier molecular flexibility index (Phi) is 9.31. The van der Waals surface area contributed by atoms with Crippen LogP contribution in [-0.4, -0.2) is 34.2 Å². The predicted molar refractivity (Wildman–Crippen MR) is 116 cm³/mol. The maximum absolute atomic E-state index is 12.6. The van der Waals surface area contributed by atoms with E-state index in [0.717, 1.165) is 37.7 Å². The fourth-order valence-corrected chi connectivity index (χ4v) is 3.96. The molecule has 27 heavy (non-hydrogen) atoms. The molecule has 1 fully saturated rings. The molecular formula is C20H24ClNO3S2. The van der Waals surface area contributed by atoms with Crippen LogP contribution in [0.2, 0.25) is 5.02 Å². The normalized spacial score (nSPS) is 15.6. The van der Waals surface area contributed by atoms with Crippen LogP contribution in [-0.2, 0) is 14.3 Å². The Morgan fingerprint density at radius 3 is 2.67 bits per heavy atom. The van der Waals surface area contributed by atoms with Gasteiger partial charge in [-0.3, -0.25) is 14.5 Å². The van der Waals surface area contributed by atoms with E-state index in [9.17, 15) is 9.59 Å². The molecule has 0 aromatic heterocycles. The molecule has 146 valence electrons. The highest BCUT2D eigenvalue weighted by atomic mass is 35.5. The topological polar surface area (TPSA) is 46.6 Å². The van der Waals surface area contributed by atoms with Gasteiger partial charge < -0.3 is 4.74 Å². The first-order chi connectivity index (χ1) is 13.0. The summed E-state index contributed by atoms with van der Waals surface area (Å²) in [6.07, 6.45) is 6.62. The molecule has 1 heterocycles. The smallest absolute Gasteiger partial charge is 0.305 e. The zero-order valence-electron chi connectivity index (χ0n) is 15.4. The number of thioether (sulfide) groups is 1. The second kappa shape index (κ2) is 11.5. The molecule has 0 unspecified atom stereocenters. The summed E-state index contributed by atoms with van der Waals surface area (Å²) in [5.41, 5.74) is 0.918. The minimum Gasteiger partial charge on any atom is -0.466 e. The molecule has 2 rings (SSSR count). The van der Waals surface area contributed by atoms with Crippen LogP contribution in [0.15, 0.2) is 29.2 Å². The Morgan fingerprint density at radius 1 is 1.22 bits per heavy atom. The number of esters is 1. The van der Waals surface area contributed by atoms with Gasteiger partial charge in [-0.15, -0.1) is 0 Å². The first kappa shape index (κ1) is 21.9. The standard InChI is InChI=1S/C20H24ClNO3S2/c1-2-3-13-25-18(23)7-5-4-6-12-22-19(24)17(27-20(22)26)14-15-8-10-16(21)11-9-15/h8-11,14H,2-7,12-13H2,1H3. The number of benzene rings is 1. The molecule has 0 saturated carbocycles. The minimum absolute atomic E-state index is 0.0566. The van der Waals surface area contributed by atoms with E-state index in [-0.39, 0.29) is 11.9 Å². The van der Waals surface area contributed by atoms with E-state index >= 15 is 0 Å². The number of unbranched alkanes of at least 4 members (excludes halogenated alkanes) is 3. The van der Waals surface area contributed by atoms with Gasteiger partial charge in [0, 0.05) is 18.0 Å². The van der Waals surface area contributed by atoms with Crippen LogP contribution in [0, 0.1) is 0 Å². The monoisotopic (exact) mass is 425 g/mol. The molecule has 1 saturated heterocycles. The van der Waals surface area contributed by atoms with Crippen molar-refractivity contribution in [1.29, 1.82) is 0 Å². The molecule has 0 atom stereocenters. The van der Waals surface area contributed by atoms with Crippen molar-refractivity contribution in [3.05, 3.63) is 39.8 Å². The Morgan fingerprint density at radius 2 is 1.96 bits per heavy atom. The van der Waals surface area contributed by atoms with Gasteiger partial charge in [-0.2, -0.15) is 0 Å². The molecule has 0 radical (unpaired) electrons. The highest BCUT2D eigenvalue weighted by Crippen LogP contribution is 2.32. The van der Waals surface area contributed by atoms with E-state index in [0.29, 0.717) is 33.8 Å². The molecule has 1 aliphatic heterocycles. The van der Waals surface area contributed by atoms with Crippen LogP contribution in [0.25, 0.3) is 6.08 Å². The van der Waals surface area contributed by atoms with E-state index < -0.39 is 0 Å². The van der Waals surface area contributed by atoms with Gasteiger partial charge in [-0.1, -0.05) is 67.5 Å². The van der Waals surface area contributed by atoms with E-state index in [1.807, 2.05) is 18.2 Å². The van der Waals surface area contributed by atoms with E-state index in [1.165, 1.54) is 11.8 Å². The van der Waals surface area contributed by atoms with Crippen molar-refractivity contribution in [2.75, 3.05) is 13.2 Å². The summed E-state index contributed by atoms with van der Waals surface area (Å²) in [5.74, 6) is -0.195. The summed E-state index contributed by atoms with van der Waals surface area (Å²) in [6.45, 7) is 3.14. The van der Waals surface area contributed by atoms with Crippen molar-refractivity contribution in [3.63, 3.8) is 0 Å². The van der Waals surface area contributed by atoms with Gasteiger partial charge in [0.2, 0.25) is 0 Å². The summed E-state index contributed by atoms with van der Waals surface area (Å²) < 4.78 is 5.71. The lowest BCUT2D eigenvalue weighted by Gasteiger charge is -2.14. The largest absolute Gasteiger partial charge is 0.466 e. The fraction of sp³-hybridized carbons (Fsp3) is 0.450. The highest BCUT2D eigenvalue weighted by molar-refractivity contribution is 8.26. The summed E-state index contributed by atoms with van der Waals surface area (Å²) in [4.78, 5) is 26.4. The number of thiocarbonyl (C=S) groups is 1. The van der Waals surface area contributed by atoms with Crippen LogP contribution in [0.1, 0.15) is 51.0 Å². The van der Waals surface area contributed by atoms with Crippen molar-refractivity contribution < 1.29 is 14.3 Å². The summed E-state index contributed by atoms with van der Waals surface area (Å²) >= 11 is 12.6. The number of halogens is 1. The average molecular weight is 426 g/mol. The van der Waals surface area contributed by atoms with E-state index in [4.69, 9.17) is 28.6 Å². The zero-order valence-corrected chi connectivity index (χ0v) is 17.8. The summed E-state index contributed by atoms with van der Waals surface area (Å²) in [5, 5.41) is 0.661. The number of hydrogen-bond donors (Lipinski definition) is 0. The van der Waals surface area contributed by atoms with Crippen LogP contribution in [0.3, 0.4) is 0 Å². The second-order valence-corrected chi connectivity index (χ2v) is 8.38. The Hall–Kier alpha value is -1.37. The van der Waals surface area contributed by atoms with Crippen molar-refractivity contribution in [2.45, 2.75) is 45.4 Å². The van der Waals surface area contributed by atoms with Crippen LogP contribution in [0.4, 0.5) is 0 Å². The van der Waals surface area contributed by atoms with Gasteiger partial charge in [0.25, 0.3) is 5.91 Å². The number of nitrogens with zero attached hydrogens (tertiary/aromatic N) is 1. The molecule has 4 nitrogen and oxygen atoms in total. The molecule has 1 aliphatic rings. The first-order valence-corrected chi connectivity index (χ1v) is 10.8. The van der Waals surface area contributed by atoms with Gasteiger partial charge >= 0.3 is 5.97 Å². The average Bonchev–Trinajstić information content (AvgIpc) is 2.90. The third-order valence-corrected chi connectivity index (χ3v) is 5.69. The number of hydrogen-bond acceptors (Lipinski definition) is 5. The molecule has 1 amide bonds. The number of carbonyl (C=O) groups excluding carboxylic acids is 2. The number of carbonyl (C=O) groups is 2. The minimum atomic E-state index is -0.139. The lowest BCUT2D eigenvalue weighted by atomic mass is 10.2. The Labute approximate surface area is 175 Å². The molecule has 0 N–H and O–H groups in total. The molecule has 0 bridgehead atoms. The van der Waals surface area contributed by atoms with E-state index in [2.05, 4.69) is 6.92 Å². The van der Waals surface area contributed by atoms with Crippen LogP contribution >= 0.6 is 35.6 Å². The number of ether oxygens (including phenoxy) is 1. The molecule has 1 aromatic rings. The Balaban J connectivity index is 1.74. The van der Waals surface area contributed by atoms with Crippen LogP contribution < -0.4 is 0 Å². The van der Waals surface area contributed by atoms with Crippen molar-refractivity contribution in [3.8, 4) is 0 Å². The van der Waals surface area contributed by atoms with Crippen molar-refractivity contribution in [2.24, 2.45) is 0 Å². The molecule has 0 spiro atoms. The molecular weight excluding hydrogens is 402 g/mol. The molecule has 1 aromatic carbocycles. The maximum Gasteiger partial charge on any atom is 0.305 e. The zero-order chi connectivity index (χ0) is 19.6. The quantitative estimate of drug-likeness (QED) is 0.216. The maximum atomic E-state index is 12.6. The first-order valence-electron chi connectivity index (χ1n) is 9.18. The summed E-state index contributed by atoms with van der Waals surface area (Å²) in [6, 6.07) is 7.33. The number of amides is 1. The highest BCUT2D eigenvalue weighted by Gasteiger charge is 2.31. The van der Waals surface area contributed by atoms with Gasteiger partial charge in [-0.05, 0) is 43.0 Å². The third kappa shape index (κ3) is 7.28. The fourth-order valence-electron chi connectivity index (χ4n) is 2.52. The molecule has 0 aliphatic carbocycles. The SMILES string of the molecule is CCCCOC(=O)CCCCCN1C(=O)C(=Cc2ccc(Cl)cc2)SC1=S. The summed E-state index contributed by atoms with van der Waals surface area (Å²) in [7, 11) is 0. The van der Waals surface area contributed by atoms with Gasteiger partial charge in [-0.25, -0.2) is 0 Å².